The first-order valence-corrected chi connectivity index (χ1v) is 5.83. The van der Waals surface area contributed by atoms with E-state index in [2.05, 4.69) is 9.97 Å². The van der Waals surface area contributed by atoms with Gasteiger partial charge in [0, 0.05) is 24.4 Å². The van der Waals surface area contributed by atoms with Crippen LogP contribution in [0.25, 0.3) is 0 Å². The first-order valence-electron chi connectivity index (χ1n) is 5.83. The molecule has 1 aliphatic rings. The van der Waals surface area contributed by atoms with E-state index in [-0.39, 0.29) is 5.41 Å². The summed E-state index contributed by atoms with van der Waals surface area (Å²) in [6.07, 6.45) is 13.1. The van der Waals surface area contributed by atoms with Gasteiger partial charge in [-0.1, -0.05) is 25.7 Å². The summed E-state index contributed by atoms with van der Waals surface area (Å²) in [7, 11) is 0. The minimum atomic E-state index is 0.151. The lowest BCUT2D eigenvalue weighted by atomic mass is 9.75. The molecular formula is C12H19N3. The zero-order valence-electron chi connectivity index (χ0n) is 9.15. The molecule has 0 aromatic carbocycles. The number of rotatable bonds is 2. The van der Waals surface area contributed by atoms with Crippen LogP contribution in [0.4, 0.5) is 0 Å². The average Bonchev–Trinajstić information content (AvgIpc) is 2.56. The van der Waals surface area contributed by atoms with Gasteiger partial charge in [0.2, 0.25) is 0 Å². The summed E-state index contributed by atoms with van der Waals surface area (Å²) in [6, 6.07) is 0. The van der Waals surface area contributed by atoms with E-state index in [0.717, 1.165) is 6.54 Å². The smallest absolute Gasteiger partial charge is 0.115 e. The van der Waals surface area contributed by atoms with Crippen LogP contribution < -0.4 is 5.73 Å². The Balaban J connectivity index is 2.27. The molecule has 3 nitrogen and oxygen atoms in total. The van der Waals surface area contributed by atoms with Crippen molar-refractivity contribution in [2.45, 2.75) is 43.9 Å². The highest BCUT2D eigenvalue weighted by Crippen LogP contribution is 2.36. The van der Waals surface area contributed by atoms with E-state index < -0.39 is 0 Å². The van der Waals surface area contributed by atoms with Crippen molar-refractivity contribution in [3.05, 3.63) is 24.3 Å². The van der Waals surface area contributed by atoms with Crippen LogP contribution in [-0.4, -0.2) is 16.5 Å². The Morgan fingerprint density at radius 1 is 1.07 bits per heavy atom. The van der Waals surface area contributed by atoms with Gasteiger partial charge in [0.05, 0.1) is 0 Å². The van der Waals surface area contributed by atoms with Crippen molar-refractivity contribution in [3.8, 4) is 0 Å². The number of nitrogens with two attached hydrogens (primary N) is 1. The molecule has 1 saturated carbocycles. The number of nitrogens with zero attached hydrogens (tertiary/aromatic N) is 2. The highest BCUT2D eigenvalue weighted by Gasteiger charge is 2.31. The van der Waals surface area contributed by atoms with E-state index in [1.165, 1.54) is 44.1 Å². The summed E-state index contributed by atoms with van der Waals surface area (Å²) in [6.45, 7) is 0.723. The fourth-order valence-corrected chi connectivity index (χ4v) is 2.59. The van der Waals surface area contributed by atoms with Crippen LogP contribution in [-0.2, 0) is 5.41 Å². The van der Waals surface area contributed by atoms with Gasteiger partial charge in [-0.2, -0.15) is 0 Å². The summed E-state index contributed by atoms with van der Waals surface area (Å²) in [5.74, 6) is 0. The monoisotopic (exact) mass is 205 g/mol. The second kappa shape index (κ2) is 4.71. The molecule has 0 saturated heterocycles. The molecule has 0 spiro atoms. The third-order valence-electron chi connectivity index (χ3n) is 3.62. The van der Waals surface area contributed by atoms with Crippen molar-refractivity contribution in [2.75, 3.05) is 6.54 Å². The molecule has 0 bridgehead atoms. The predicted molar refractivity (Wildman–Crippen MR) is 60.5 cm³/mol. The zero-order chi connectivity index (χ0) is 10.6. The number of hydrogen-bond acceptors (Lipinski definition) is 3. The van der Waals surface area contributed by atoms with Crippen LogP contribution in [0.5, 0.6) is 0 Å². The number of hydrogen-bond donors (Lipinski definition) is 1. The van der Waals surface area contributed by atoms with Gasteiger partial charge in [-0.15, -0.1) is 0 Å². The summed E-state index contributed by atoms with van der Waals surface area (Å²) in [4.78, 5) is 8.23. The van der Waals surface area contributed by atoms with Crippen LogP contribution in [0.15, 0.2) is 18.7 Å². The Labute approximate surface area is 91.1 Å². The van der Waals surface area contributed by atoms with Gasteiger partial charge in [-0.25, -0.2) is 9.97 Å². The van der Waals surface area contributed by atoms with Crippen molar-refractivity contribution in [2.24, 2.45) is 5.73 Å². The molecule has 0 radical (unpaired) electrons. The van der Waals surface area contributed by atoms with Crippen molar-refractivity contribution in [3.63, 3.8) is 0 Å². The summed E-state index contributed by atoms with van der Waals surface area (Å²) < 4.78 is 0. The van der Waals surface area contributed by atoms with E-state index in [4.69, 9.17) is 5.73 Å². The van der Waals surface area contributed by atoms with Crippen LogP contribution in [0.1, 0.15) is 44.1 Å². The fourth-order valence-electron chi connectivity index (χ4n) is 2.59. The Hall–Kier alpha value is -0.960. The fraction of sp³-hybridized carbons (Fsp3) is 0.667. The highest BCUT2D eigenvalue weighted by atomic mass is 14.8. The van der Waals surface area contributed by atoms with Gasteiger partial charge in [0.1, 0.15) is 6.33 Å². The van der Waals surface area contributed by atoms with Gasteiger partial charge >= 0.3 is 0 Å². The molecule has 1 fully saturated rings. The predicted octanol–water partition coefficient (Wildman–Crippen LogP) is 2.03. The van der Waals surface area contributed by atoms with Gasteiger partial charge in [-0.3, -0.25) is 0 Å². The molecule has 1 aromatic heterocycles. The van der Waals surface area contributed by atoms with Crippen molar-refractivity contribution in [1.82, 2.24) is 9.97 Å². The summed E-state index contributed by atoms with van der Waals surface area (Å²) in [5, 5.41) is 0. The van der Waals surface area contributed by atoms with Gasteiger partial charge in [-0.05, 0) is 18.4 Å². The minimum absolute atomic E-state index is 0.151. The Morgan fingerprint density at radius 2 is 1.67 bits per heavy atom. The molecule has 2 N–H and O–H groups in total. The normalized spacial score (nSPS) is 20.9. The van der Waals surface area contributed by atoms with Crippen LogP contribution in [0.2, 0.25) is 0 Å². The molecule has 0 unspecified atom stereocenters. The lowest BCUT2D eigenvalue weighted by Gasteiger charge is -2.31. The summed E-state index contributed by atoms with van der Waals surface area (Å²) in [5.41, 5.74) is 7.37. The first-order chi connectivity index (χ1) is 7.37. The topological polar surface area (TPSA) is 51.8 Å². The van der Waals surface area contributed by atoms with Crippen molar-refractivity contribution < 1.29 is 0 Å². The molecule has 2 rings (SSSR count). The van der Waals surface area contributed by atoms with E-state index >= 15 is 0 Å². The first kappa shape index (κ1) is 10.6. The Bertz CT molecular complexity index is 289. The largest absolute Gasteiger partial charge is 0.330 e. The molecule has 82 valence electrons. The maximum absolute atomic E-state index is 5.98. The lowest BCUT2D eigenvalue weighted by molar-refractivity contribution is 0.378. The Morgan fingerprint density at radius 3 is 2.20 bits per heavy atom. The van der Waals surface area contributed by atoms with Crippen LogP contribution in [0, 0.1) is 0 Å². The molecule has 1 aromatic rings. The second-order valence-corrected chi connectivity index (χ2v) is 4.53. The molecule has 3 heteroatoms. The van der Waals surface area contributed by atoms with Crippen molar-refractivity contribution >= 4 is 0 Å². The maximum atomic E-state index is 5.98. The quantitative estimate of drug-likeness (QED) is 0.752. The lowest BCUT2D eigenvalue weighted by Crippen LogP contribution is -2.34. The standard InChI is InChI=1S/C12H19N3/c13-9-12(5-3-1-2-4-6-12)11-7-14-10-15-8-11/h7-8,10H,1-6,9,13H2. The summed E-state index contributed by atoms with van der Waals surface area (Å²) >= 11 is 0. The van der Waals surface area contributed by atoms with E-state index in [1.807, 2.05) is 12.4 Å². The van der Waals surface area contributed by atoms with Gasteiger partial charge in [0.25, 0.3) is 0 Å². The third kappa shape index (κ3) is 2.17. The molecule has 0 atom stereocenters. The molecule has 0 aliphatic heterocycles. The van der Waals surface area contributed by atoms with Crippen LogP contribution >= 0.6 is 0 Å². The maximum Gasteiger partial charge on any atom is 0.115 e. The Kier molecular flexibility index (Phi) is 3.31. The minimum Gasteiger partial charge on any atom is -0.330 e. The van der Waals surface area contributed by atoms with E-state index in [1.54, 1.807) is 6.33 Å². The number of aromatic nitrogens is 2. The SMILES string of the molecule is NCC1(c2cncnc2)CCCCCC1. The van der Waals surface area contributed by atoms with E-state index in [9.17, 15) is 0 Å². The van der Waals surface area contributed by atoms with Gasteiger partial charge < -0.3 is 5.73 Å². The second-order valence-electron chi connectivity index (χ2n) is 4.53. The highest BCUT2D eigenvalue weighted by molar-refractivity contribution is 5.19. The van der Waals surface area contributed by atoms with Crippen LogP contribution in [0.3, 0.4) is 0 Å². The molecular weight excluding hydrogens is 186 g/mol. The molecule has 1 heterocycles. The van der Waals surface area contributed by atoms with Crippen molar-refractivity contribution in [1.29, 1.82) is 0 Å². The molecule has 0 amide bonds. The molecule has 15 heavy (non-hydrogen) atoms. The third-order valence-corrected chi connectivity index (χ3v) is 3.62. The zero-order valence-corrected chi connectivity index (χ0v) is 9.15. The van der Waals surface area contributed by atoms with Gasteiger partial charge in [0.15, 0.2) is 0 Å². The van der Waals surface area contributed by atoms with E-state index in [0.29, 0.717) is 0 Å². The molecule has 1 aliphatic carbocycles. The average molecular weight is 205 g/mol.